The van der Waals surface area contributed by atoms with E-state index >= 15 is 0 Å². The number of aryl methyl sites for hydroxylation is 2. The van der Waals surface area contributed by atoms with Crippen LogP contribution in [0.3, 0.4) is 0 Å². The van der Waals surface area contributed by atoms with Crippen LogP contribution < -0.4 is 4.74 Å². The van der Waals surface area contributed by atoms with Crippen molar-refractivity contribution in [2.24, 2.45) is 0 Å². The molecule has 2 aromatic rings. The van der Waals surface area contributed by atoms with Crippen molar-refractivity contribution in [2.75, 3.05) is 0 Å². The number of hydrogen-bond acceptors (Lipinski definition) is 3. The van der Waals surface area contributed by atoms with Crippen molar-refractivity contribution in [2.45, 2.75) is 44.2 Å². The smallest absolute Gasteiger partial charge is 0.126 e. The average molecular weight is 336 g/mol. The molecule has 106 valence electrons. The van der Waals surface area contributed by atoms with E-state index in [1.165, 1.54) is 5.56 Å². The number of aliphatic hydroxyl groups excluding tert-OH is 1. The van der Waals surface area contributed by atoms with Crippen molar-refractivity contribution in [1.82, 2.24) is 4.98 Å². The normalized spacial score (nSPS) is 24.3. The molecule has 4 heteroatoms. The van der Waals surface area contributed by atoms with Gasteiger partial charge in [-0.2, -0.15) is 0 Å². The van der Waals surface area contributed by atoms with E-state index in [-0.39, 0.29) is 4.83 Å². The zero-order valence-electron chi connectivity index (χ0n) is 12.1. The number of ether oxygens (including phenoxy) is 1. The van der Waals surface area contributed by atoms with Crippen LogP contribution in [0.1, 0.15) is 36.8 Å². The van der Waals surface area contributed by atoms with Gasteiger partial charge in [-0.05, 0) is 51.5 Å². The summed E-state index contributed by atoms with van der Waals surface area (Å²) >= 11 is 3.54. The third-order valence-electron chi connectivity index (χ3n) is 3.91. The number of hydrogen-bond donors (Lipinski definition) is 1. The summed E-state index contributed by atoms with van der Waals surface area (Å²) < 4.78 is 6.06. The molecule has 0 saturated heterocycles. The lowest BCUT2D eigenvalue weighted by molar-refractivity contribution is 0.0228. The topological polar surface area (TPSA) is 42.4 Å². The van der Waals surface area contributed by atoms with E-state index in [9.17, 15) is 5.11 Å². The van der Waals surface area contributed by atoms with E-state index in [0.29, 0.717) is 0 Å². The SMILES string of the molecule is Cc1cc(C)c2cc3c(cc2n1)C(O)C(Br)C(C)(C)O3. The molecule has 3 rings (SSSR count). The summed E-state index contributed by atoms with van der Waals surface area (Å²) in [5.41, 5.74) is 3.41. The van der Waals surface area contributed by atoms with Crippen LogP contribution in [0.25, 0.3) is 10.9 Å². The minimum absolute atomic E-state index is 0.147. The predicted molar refractivity (Wildman–Crippen MR) is 83.6 cm³/mol. The number of aromatic nitrogens is 1. The standard InChI is InChI=1S/C16H18BrNO2/c1-8-5-9(2)18-12-6-11-13(7-10(8)12)20-16(3,4)15(17)14(11)19/h5-7,14-15,19H,1-4H3. The molecule has 2 atom stereocenters. The van der Waals surface area contributed by atoms with Crippen molar-refractivity contribution in [3.05, 3.63) is 35.0 Å². The Bertz CT molecular complexity index is 696. The molecule has 1 aliphatic rings. The number of halogens is 1. The largest absolute Gasteiger partial charge is 0.486 e. The molecule has 0 bridgehead atoms. The zero-order valence-corrected chi connectivity index (χ0v) is 13.7. The summed E-state index contributed by atoms with van der Waals surface area (Å²) in [4.78, 5) is 4.41. The van der Waals surface area contributed by atoms with Gasteiger partial charge in [-0.3, -0.25) is 4.98 Å². The Hall–Kier alpha value is -1.13. The number of aliphatic hydroxyl groups is 1. The van der Waals surface area contributed by atoms with Gasteiger partial charge in [0, 0.05) is 16.6 Å². The molecule has 20 heavy (non-hydrogen) atoms. The van der Waals surface area contributed by atoms with E-state index in [4.69, 9.17) is 4.74 Å². The van der Waals surface area contributed by atoms with Crippen molar-refractivity contribution in [3.8, 4) is 5.75 Å². The van der Waals surface area contributed by atoms with Gasteiger partial charge in [0.25, 0.3) is 0 Å². The lowest BCUT2D eigenvalue weighted by Crippen LogP contribution is -2.45. The van der Waals surface area contributed by atoms with Crippen LogP contribution in [0.5, 0.6) is 5.75 Å². The van der Waals surface area contributed by atoms with Gasteiger partial charge in [0.2, 0.25) is 0 Å². The monoisotopic (exact) mass is 335 g/mol. The molecule has 0 radical (unpaired) electrons. The van der Waals surface area contributed by atoms with E-state index < -0.39 is 11.7 Å². The molecule has 1 aromatic heterocycles. The van der Waals surface area contributed by atoms with Crippen LogP contribution in [-0.4, -0.2) is 20.5 Å². The zero-order chi connectivity index (χ0) is 14.7. The maximum Gasteiger partial charge on any atom is 0.126 e. The quantitative estimate of drug-likeness (QED) is 0.744. The molecule has 0 aliphatic carbocycles. The minimum atomic E-state index is -0.597. The molecule has 1 N–H and O–H groups in total. The molecule has 1 aromatic carbocycles. The predicted octanol–water partition coefficient (Wildman–Crippen LogP) is 3.82. The number of pyridine rings is 1. The highest BCUT2D eigenvalue weighted by atomic mass is 79.9. The van der Waals surface area contributed by atoms with E-state index in [1.807, 2.05) is 32.9 Å². The molecule has 3 nitrogen and oxygen atoms in total. The Morgan fingerprint density at radius 3 is 2.65 bits per heavy atom. The van der Waals surface area contributed by atoms with Crippen LogP contribution >= 0.6 is 15.9 Å². The molecule has 0 spiro atoms. The average Bonchev–Trinajstić information content (AvgIpc) is 2.35. The van der Waals surface area contributed by atoms with Gasteiger partial charge in [0.05, 0.1) is 16.4 Å². The van der Waals surface area contributed by atoms with Crippen molar-refractivity contribution in [3.63, 3.8) is 0 Å². The van der Waals surface area contributed by atoms with E-state index in [1.54, 1.807) is 0 Å². The number of rotatable bonds is 0. The molecular formula is C16H18BrNO2. The Morgan fingerprint density at radius 1 is 1.25 bits per heavy atom. The lowest BCUT2D eigenvalue weighted by Gasteiger charge is -2.40. The maximum atomic E-state index is 10.5. The van der Waals surface area contributed by atoms with Gasteiger partial charge in [0.15, 0.2) is 0 Å². The third-order valence-corrected chi connectivity index (χ3v) is 5.51. The molecule has 2 heterocycles. The first-order valence-corrected chi connectivity index (χ1v) is 7.64. The Balaban J connectivity index is 2.27. The summed E-state index contributed by atoms with van der Waals surface area (Å²) in [5.74, 6) is 0.749. The highest BCUT2D eigenvalue weighted by molar-refractivity contribution is 9.09. The summed E-state index contributed by atoms with van der Waals surface area (Å²) in [6.07, 6.45) is -0.597. The Labute approximate surface area is 127 Å². The van der Waals surface area contributed by atoms with Gasteiger partial charge in [-0.15, -0.1) is 0 Å². The Morgan fingerprint density at radius 2 is 1.95 bits per heavy atom. The molecule has 1 aliphatic heterocycles. The van der Waals surface area contributed by atoms with Crippen LogP contribution in [-0.2, 0) is 0 Å². The fourth-order valence-electron chi connectivity index (χ4n) is 2.80. The summed E-state index contributed by atoms with van der Waals surface area (Å²) in [6, 6.07) is 6.00. The molecule has 0 fully saturated rings. The van der Waals surface area contributed by atoms with Crippen LogP contribution in [0.15, 0.2) is 18.2 Å². The minimum Gasteiger partial charge on any atom is -0.486 e. The van der Waals surface area contributed by atoms with Gasteiger partial charge < -0.3 is 9.84 Å². The fourth-order valence-corrected chi connectivity index (χ4v) is 3.18. The van der Waals surface area contributed by atoms with E-state index in [0.717, 1.165) is 27.9 Å². The van der Waals surface area contributed by atoms with Gasteiger partial charge in [-0.25, -0.2) is 0 Å². The number of fused-ring (bicyclic) bond motifs is 2. The molecule has 2 unspecified atom stereocenters. The van der Waals surface area contributed by atoms with Gasteiger partial charge in [0.1, 0.15) is 11.4 Å². The first kappa shape index (κ1) is 13.8. The Kier molecular flexibility index (Phi) is 3.07. The second-order valence-electron chi connectivity index (χ2n) is 6.04. The summed E-state index contributed by atoms with van der Waals surface area (Å²) in [6.45, 7) is 8.00. The number of nitrogens with zero attached hydrogens (tertiary/aromatic N) is 1. The van der Waals surface area contributed by atoms with E-state index in [2.05, 4.69) is 33.9 Å². The van der Waals surface area contributed by atoms with Crippen LogP contribution in [0.2, 0.25) is 0 Å². The van der Waals surface area contributed by atoms with Crippen LogP contribution in [0.4, 0.5) is 0 Å². The number of alkyl halides is 1. The van der Waals surface area contributed by atoms with Crippen molar-refractivity contribution < 1.29 is 9.84 Å². The lowest BCUT2D eigenvalue weighted by atomic mass is 9.90. The first-order chi connectivity index (χ1) is 9.29. The van der Waals surface area contributed by atoms with Gasteiger partial charge >= 0.3 is 0 Å². The summed E-state index contributed by atoms with van der Waals surface area (Å²) in [7, 11) is 0. The summed E-state index contributed by atoms with van der Waals surface area (Å²) in [5, 5.41) is 11.6. The molecular weight excluding hydrogens is 318 g/mol. The fraction of sp³-hybridized carbons (Fsp3) is 0.438. The van der Waals surface area contributed by atoms with Crippen molar-refractivity contribution in [1.29, 1.82) is 0 Å². The molecule has 0 saturated carbocycles. The maximum absolute atomic E-state index is 10.5. The second kappa shape index (κ2) is 4.43. The highest BCUT2D eigenvalue weighted by Gasteiger charge is 2.41. The second-order valence-corrected chi connectivity index (χ2v) is 7.03. The first-order valence-electron chi connectivity index (χ1n) is 6.72. The highest BCUT2D eigenvalue weighted by Crippen LogP contribution is 2.44. The van der Waals surface area contributed by atoms with Crippen molar-refractivity contribution >= 4 is 26.8 Å². The number of benzene rings is 1. The van der Waals surface area contributed by atoms with Crippen LogP contribution in [0, 0.1) is 13.8 Å². The third kappa shape index (κ3) is 2.02. The van der Waals surface area contributed by atoms with Gasteiger partial charge in [-0.1, -0.05) is 15.9 Å². The molecule has 0 amide bonds.